The van der Waals surface area contributed by atoms with Crippen molar-refractivity contribution in [2.24, 2.45) is 0 Å². The molecule has 2 fully saturated rings. The lowest BCUT2D eigenvalue weighted by Crippen LogP contribution is -2.43. The fourth-order valence-corrected chi connectivity index (χ4v) is 4.50. The maximum absolute atomic E-state index is 12.8. The van der Waals surface area contributed by atoms with Gasteiger partial charge in [-0.05, 0) is 61.7 Å². The quantitative estimate of drug-likeness (QED) is 0.657. The molecule has 3 aromatic rings. The lowest BCUT2D eigenvalue weighted by Gasteiger charge is -2.32. The Balaban J connectivity index is 1.31. The van der Waals surface area contributed by atoms with Gasteiger partial charge in [-0.2, -0.15) is 0 Å². The average Bonchev–Trinajstić information content (AvgIpc) is 3.33. The van der Waals surface area contributed by atoms with Crippen LogP contribution < -0.4 is 10.6 Å². The Morgan fingerprint density at radius 1 is 1.04 bits per heavy atom. The molecule has 0 saturated carbocycles. The first-order chi connectivity index (χ1) is 13.7. The number of hydrogen-bond acceptors (Lipinski definition) is 3. The lowest BCUT2D eigenvalue weighted by molar-refractivity contribution is -0.0194. The number of piperidine rings is 1. The summed E-state index contributed by atoms with van der Waals surface area (Å²) in [5.41, 5.74) is 3.85. The highest BCUT2D eigenvalue weighted by atomic mass is 16.5. The largest absolute Gasteiger partial charge is 0.373 e. The topological polar surface area (TPSA) is 66.2 Å². The third kappa shape index (κ3) is 3.32. The van der Waals surface area contributed by atoms with Gasteiger partial charge in [-0.3, -0.25) is 4.79 Å². The van der Waals surface area contributed by atoms with Gasteiger partial charge in [-0.25, -0.2) is 0 Å². The second-order valence-electron chi connectivity index (χ2n) is 7.97. The number of nitrogens with one attached hydrogen (secondary N) is 3. The Kier molecular flexibility index (Phi) is 4.41. The highest BCUT2D eigenvalue weighted by Gasteiger charge is 2.41. The third-order valence-corrected chi connectivity index (χ3v) is 6.03. The van der Waals surface area contributed by atoms with Gasteiger partial charge in [0, 0.05) is 10.9 Å². The molecule has 1 spiro atoms. The predicted octanol–water partition coefficient (Wildman–Crippen LogP) is 3.48. The molecule has 1 aromatic heterocycles. The smallest absolute Gasteiger partial charge is 0.268 e. The number of carbonyl (C=O) groups is 1. The van der Waals surface area contributed by atoms with E-state index in [-0.39, 0.29) is 17.6 Å². The summed E-state index contributed by atoms with van der Waals surface area (Å²) >= 11 is 0. The second kappa shape index (κ2) is 7.08. The van der Waals surface area contributed by atoms with Gasteiger partial charge < -0.3 is 20.4 Å². The average molecular weight is 375 g/mol. The van der Waals surface area contributed by atoms with E-state index in [0.29, 0.717) is 12.3 Å². The van der Waals surface area contributed by atoms with Crippen LogP contribution in [0.2, 0.25) is 0 Å². The number of fused-ring (bicyclic) bond motifs is 1. The summed E-state index contributed by atoms with van der Waals surface area (Å²) in [6.45, 7) is 2.59. The van der Waals surface area contributed by atoms with Crippen LogP contribution >= 0.6 is 0 Å². The first kappa shape index (κ1) is 17.5. The summed E-state index contributed by atoms with van der Waals surface area (Å²) in [7, 11) is 0. The Hall–Kier alpha value is -2.63. The molecule has 144 valence electrons. The van der Waals surface area contributed by atoms with Crippen LogP contribution in [-0.2, 0) is 4.74 Å². The zero-order chi connectivity index (χ0) is 19.0. The van der Waals surface area contributed by atoms with Crippen LogP contribution in [0.1, 0.15) is 29.8 Å². The normalized spacial score (nSPS) is 21.2. The lowest BCUT2D eigenvalue weighted by atomic mass is 9.88. The zero-order valence-electron chi connectivity index (χ0n) is 15.8. The van der Waals surface area contributed by atoms with E-state index in [4.69, 9.17) is 4.74 Å². The van der Waals surface area contributed by atoms with Crippen LogP contribution in [0.3, 0.4) is 0 Å². The van der Waals surface area contributed by atoms with E-state index < -0.39 is 0 Å². The summed E-state index contributed by atoms with van der Waals surface area (Å²) in [4.78, 5) is 16.0. The fourth-order valence-electron chi connectivity index (χ4n) is 4.50. The van der Waals surface area contributed by atoms with Crippen LogP contribution in [0, 0.1) is 0 Å². The van der Waals surface area contributed by atoms with Crippen molar-refractivity contribution >= 4 is 16.8 Å². The van der Waals surface area contributed by atoms with Crippen molar-refractivity contribution in [3.05, 3.63) is 60.3 Å². The van der Waals surface area contributed by atoms with Gasteiger partial charge in [-0.15, -0.1) is 0 Å². The second-order valence-corrected chi connectivity index (χ2v) is 7.97. The van der Waals surface area contributed by atoms with Gasteiger partial charge in [0.15, 0.2) is 0 Å². The molecule has 5 heteroatoms. The van der Waals surface area contributed by atoms with Crippen molar-refractivity contribution in [3.8, 4) is 11.1 Å². The Bertz CT molecular complexity index is 990. The van der Waals surface area contributed by atoms with Crippen molar-refractivity contribution in [1.29, 1.82) is 0 Å². The Morgan fingerprint density at radius 3 is 2.68 bits per heavy atom. The van der Waals surface area contributed by atoms with Crippen molar-refractivity contribution in [2.75, 3.05) is 19.7 Å². The van der Waals surface area contributed by atoms with Gasteiger partial charge in [-0.1, -0.05) is 36.4 Å². The van der Waals surface area contributed by atoms with Crippen LogP contribution in [0.5, 0.6) is 0 Å². The van der Waals surface area contributed by atoms with Crippen LogP contribution in [-0.4, -0.2) is 42.2 Å². The molecule has 3 heterocycles. The maximum Gasteiger partial charge on any atom is 0.268 e. The molecule has 2 saturated heterocycles. The summed E-state index contributed by atoms with van der Waals surface area (Å²) in [6.07, 6.45) is 2.95. The number of ether oxygens (including phenoxy) is 1. The number of aromatic nitrogens is 1. The fraction of sp³-hybridized carbons (Fsp3) is 0.348. The van der Waals surface area contributed by atoms with Crippen LogP contribution in [0.4, 0.5) is 0 Å². The summed E-state index contributed by atoms with van der Waals surface area (Å²) in [5.74, 6) is -0.0583. The highest BCUT2D eigenvalue weighted by molar-refractivity contribution is 5.99. The molecule has 1 unspecified atom stereocenters. The number of carbonyl (C=O) groups excluding carboxylic acids is 1. The van der Waals surface area contributed by atoms with Crippen LogP contribution in [0.25, 0.3) is 22.0 Å². The molecule has 5 rings (SSSR count). The molecular formula is C23H25N3O2. The molecule has 0 aliphatic carbocycles. The van der Waals surface area contributed by atoms with E-state index in [0.717, 1.165) is 48.8 Å². The third-order valence-electron chi connectivity index (χ3n) is 6.03. The standard InChI is InChI=1S/C23H25N3O2/c27-22(25-19-14-23(28-15-19)8-10-24-11-9-23)21-13-18-12-17(6-7-20(18)26-21)16-4-2-1-3-5-16/h1-7,12-13,19,24,26H,8-11,14-15H2,(H,25,27). The molecular weight excluding hydrogens is 350 g/mol. The number of rotatable bonds is 3. The summed E-state index contributed by atoms with van der Waals surface area (Å²) < 4.78 is 6.09. The number of amides is 1. The van der Waals surface area contributed by atoms with E-state index in [1.54, 1.807) is 0 Å². The molecule has 2 aliphatic rings. The van der Waals surface area contributed by atoms with Crippen molar-refractivity contribution in [2.45, 2.75) is 30.9 Å². The first-order valence-electron chi connectivity index (χ1n) is 10.0. The Morgan fingerprint density at radius 2 is 1.86 bits per heavy atom. The van der Waals surface area contributed by atoms with Gasteiger partial charge in [0.05, 0.1) is 18.2 Å². The minimum absolute atomic E-state index is 0.0474. The molecule has 2 aromatic carbocycles. The molecule has 2 aliphatic heterocycles. The number of aromatic amines is 1. The van der Waals surface area contributed by atoms with Crippen molar-refractivity contribution in [3.63, 3.8) is 0 Å². The first-order valence-corrected chi connectivity index (χ1v) is 10.0. The predicted molar refractivity (Wildman–Crippen MR) is 110 cm³/mol. The van der Waals surface area contributed by atoms with Gasteiger partial charge >= 0.3 is 0 Å². The van der Waals surface area contributed by atoms with Crippen molar-refractivity contribution in [1.82, 2.24) is 15.6 Å². The molecule has 0 bridgehead atoms. The molecule has 1 amide bonds. The summed E-state index contributed by atoms with van der Waals surface area (Å²) in [5, 5.41) is 7.58. The SMILES string of the molecule is O=C(NC1COC2(CCNCC2)C1)c1cc2cc(-c3ccccc3)ccc2[nH]1. The van der Waals surface area contributed by atoms with Gasteiger partial charge in [0.1, 0.15) is 5.69 Å². The van der Waals surface area contributed by atoms with Crippen molar-refractivity contribution < 1.29 is 9.53 Å². The maximum atomic E-state index is 12.8. The van der Waals surface area contributed by atoms with E-state index >= 15 is 0 Å². The minimum Gasteiger partial charge on any atom is -0.373 e. The molecule has 3 N–H and O–H groups in total. The Labute approximate surface area is 164 Å². The monoisotopic (exact) mass is 375 g/mol. The molecule has 0 radical (unpaired) electrons. The molecule has 28 heavy (non-hydrogen) atoms. The van der Waals surface area contributed by atoms with Crippen LogP contribution in [0.15, 0.2) is 54.6 Å². The number of hydrogen-bond donors (Lipinski definition) is 3. The van der Waals surface area contributed by atoms with E-state index in [1.165, 1.54) is 5.56 Å². The van der Waals surface area contributed by atoms with Gasteiger partial charge in [0.25, 0.3) is 5.91 Å². The summed E-state index contributed by atoms with van der Waals surface area (Å²) in [6, 6.07) is 18.5. The van der Waals surface area contributed by atoms with E-state index in [1.807, 2.05) is 30.3 Å². The molecule has 5 nitrogen and oxygen atoms in total. The highest BCUT2D eigenvalue weighted by Crippen LogP contribution is 2.34. The van der Waals surface area contributed by atoms with Gasteiger partial charge in [0.2, 0.25) is 0 Å². The molecule has 1 atom stereocenters. The zero-order valence-corrected chi connectivity index (χ0v) is 15.8. The van der Waals surface area contributed by atoms with E-state index in [9.17, 15) is 4.79 Å². The van der Waals surface area contributed by atoms with E-state index in [2.05, 4.69) is 39.9 Å². The number of H-pyrrole nitrogens is 1. The number of benzene rings is 2. The minimum atomic E-state index is -0.0583.